The summed E-state index contributed by atoms with van der Waals surface area (Å²) in [5.41, 5.74) is 1.21. The molecule has 0 saturated carbocycles. The van der Waals surface area contributed by atoms with Gasteiger partial charge in [-0.3, -0.25) is 0 Å². The maximum atomic E-state index is 11.7. The maximum Gasteiger partial charge on any atom is 0.338 e. The zero-order valence-electron chi connectivity index (χ0n) is 10.9. The highest BCUT2D eigenvalue weighted by atomic mass is 79.9. The quantitative estimate of drug-likeness (QED) is 0.413. The first-order valence-electron chi connectivity index (χ1n) is 5.50. The van der Waals surface area contributed by atoms with Gasteiger partial charge in [-0.2, -0.15) is 0 Å². The predicted octanol–water partition coefficient (Wildman–Crippen LogP) is 4.99. The molecule has 0 heterocycles. The number of esters is 1. The Labute approximate surface area is 125 Å². The molecule has 0 saturated heterocycles. The van der Waals surface area contributed by atoms with Crippen LogP contribution in [0.4, 0.5) is 0 Å². The van der Waals surface area contributed by atoms with Crippen LogP contribution in [0, 0.1) is 0 Å². The number of carbonyl (C=O) groups is 1. The van der Waals surface area contributed by atoms with Crippen molar-refractivity contribution in [3.05, 3.63) is 38.8 Å². The Balaban J connectivity index is 3.33. The fraction of sp³-hybridized carbons (Fsp3) is 0.357. The van der Waals surface area contributed by atoms with E-state index in [0.717, 1.165) is 14.5 Å². The standard InChI is InChI=1S/C14H16Br2O2/c1-8(2)13(17)18-12-10(14(3,4)5)6-9(15)7-11(12)16/h6-7H,1H2,2-5H3. The fourth-order valence-corrected chi connectivity index (χ4v) is 2.71. The van der Waals surface area contributed by atoms with Gasteiger partial charge in [0.25, 0.3) is 0 Å². The molecule has 0 aliphatic heterocycles. The molecule has 0 fully saturated rings. The topological polar surface area (TPSA) is 26.3 Å². The summed E-state index contributed by atoms with van der Waals surface area (Å²) in [5.74, 6) is 0.141. The number of hydrogen-bond donors (Lipinski definition) is 0. The molecular weight excluding hydrogens is 360 g/mol. The minimum atomic E-state index is -0.413. The van der Waals surface area contributed by atoms with Gasteiger partial charge in [-0.25, -0.2) is 4.79 Å². The highest BCUT2D eigenvalue weighted by molar-refractivity contribution is 9.11. The fourth-order valence-electron chi connectivity index (χ4n) is 1.40. The number of hydrogen-bond acceptors (Lipinski definition) is 2. The molecule has 0 bridgehead atoms. The van der Waals surface area contributed by atoms with Crippen LogP contribution in [-0.4, -0.2) is 5.97 Å². The van der Waals surface area contributed by atoms with E-state index in [0.29, 0.717) is 11.3 Å². The van der Waals surface area contributed by atoms with E-state index in [1.165, 1.54) is 0 Å². The van der Waals surface area contributed by atoms with Gasteiger partial charge in [-0.1, -0.05) is 43.3 Å². The average molecular weight is 376 g/mol. The Kier molecular flexibility index (Phi) is 4.78. The van der Waals surface area contributed by atoms with E-state index >= 15 is 0 Å². The van der Waals surface area contributed by atoms with Crippen LogP contribution in [0.25, 0.3) is 0 Å². The third kappa shape index (κ3) is 3.69. The lowest BCUT2D eigenvalue weighted by Gasteiger charge is -2.23. The van der Waals surface area contributed by atoms with Crippen LogP contribution in [0.2, 0.25) is 0 Å². The summed E-state index contributed by atoms with van der Waals surface area (Å²) in [6.45, 7) is 11.4. The molecule has 0 amide bonds. The Morgan fingerprint density at radius 3 is 2.28 bits per heavy atom. The SMILES string of the molecule is C=C(C)C(=O)Oc1c(Br)cc(Br)cc1C(C)(C)C. The van der Waals surface area contributed by atoms with Crippen LogP contribution in [0.15, 0.2) is 33.2 Å². The van der Waals surface area contributed by atoms with Crippen LogP contribution in [0.1, 0.15) is 33.3 Å². The van der Waals surface area contributed by atoms with Gasteiger partial charge in [0, 0.05) is 15.6 Å². The number of carbonyl (C=O) groups excluding carboxylic acids is 1. The molecule has 1 aromatic carbocycles. The first kappa shape index (κ1) is 15.4. The monoisotopic (exact) mass is 374 g/mol. The van der Waals surface area contributed by atoms with Gasteiger partial charge < -0.3 is 4.74 Å². The van der Waals surface area contributed by atoms with Crippen LogP contribution in [0.3, 0.4) is 0 Å². The molecule has 18 heavy (non-hydrogen) atoms. The van der Waals surface area contributed by atoms with E-state index in [4.69, 9.17) is 4.74 Å². The molecule has 98 valence electrons. The Morgan fingerprint density at radius 2 is 1.83 bits per heavy atom. The predicted molar refractivity (Wildman–Crippen MR) is 81.0 cm³/mol. The normalized spacial score (nSPS) is 11.2. The molecule has 0 N–H and O–H groups in total. The highest BCUT2D eigenvalue weighted by Crippen LogP contribution is 2.39. The lowest BCUT2D eigenvalue weighted by molar-refractivity contribution is -0.130. The summed E-state index contributed by atoms with van der Waals surface area (Å²) in [6.07, 6.45) is 0. The van der Waals surface area contributed by atoms with Crippen LogP contribution in [-0.2, 0) is 10.2 Å². The van der Waals surface area contributed by atoms with Crippen LogP contribution in [0.5, 0.6) is 5.75 Å². The Bertz CT molecular complexity index is 499. The molecule has 0 atom stereocenters. The minimum absolute atomic E-state index is 0.128. The molecule has 0 aliphatic rings. The molecule has 0 radical (unpaired) electrons. The first-order chi connectivity index (χ1) is 8.12. The lowest BCUT2D eigenvalue weighted by atomic mass is 9.86. The summed E-state index contributed by atoms with van der Waals surface area (Å²) >= 11 is 6.88. The zero-order chi connectivity index (χ0) is 14.1. The Morgan fingerprint density at radius 1 is 1.28 bits per heavy atom. The molecule has 1 aromatic rings. The molecule has 1 rings (SSSR count). The van der Waals surface area contributed by atoms with E-state index in [-0.39, 0.29) is 5.41 Å². The van der Waals surface area contributed by atoms with Crippen molar-refractivity contribution in [1.82, 2.24) is 0 Å². The number of ether oxygens (including phenoxy) is 1. The molecule has 0 spiro atoms. The van der Waals surface area contributed by atoms with Gasteiger partial charge in [0.1, 0.15) is 5.75 Å². The molecule has 0 unspecified atom stereocenters. The molecular formula is C14H16Br2O2. The number of benzene rings is 1. The molecule has 0 aliphatic carbocycles. The lowest BCUT2D eigenvalue weighted by Crippen LogP contribution is -2.17. The zero-order valence-corrected chi connectivity index (χ0v) is 14.1. The summed E-state index contributed by atoms with van der Waals surface area (Å²) in [6, 6.07) is 3.82. The second-order valence-corrected chi connectivity index (χ2v) is 6.95. The first-order valence-corrected chi connectivity index (χ1v) is 7.08. The highest BCUT2D eigenvalue weighted by Gasteiger charge is 2.23. The van der Waals surface area contributed by atoms with Gasteiger partial charge >= 0.3 is 5.97 Å². The van der Waals surface area contributed by atoms with Crippen LogP contribution >= 0.6 is 31.9 Å². The van der Waals surface area contributed by atoms with Gasteiger partial charge in [-0.15, -0.1) is 0 Å². The molecule has 2 nitrogen and oxygen atoms in total. The van der Waals surface area contributed by atoms with Crippen molar-refractivity contribution in [1.29, 1.82) is 0 Å². The van der Waals surface area contributed by atoms with Gasteiger partial charge in [0.15, 0.2) is 0 Å². The van der Waals surface area contributed by atoms with E-state index in [2.05, 4.69) is 59.2 Å². The van der Waals surface area contributed by atoms with Crippen molar-refractivity contribution in [3.8, 4) is 5.75 Å². The summed E-state index contributed by atoms with van der Waals surface area (Å²) in [5, 5.41) is 0. The summed E-state index contributed by atoms with van der Waals surface area (Å²) in [7, 11) is 0. The molecule has 0 aromatic heterocycles. The summed E-state index contributed by atoms with van der Waals surface area (Å²) < 4.78 is 7.10. The van der Waals surface area contributed by atoms with Crippen LogP contribution < -0.4 is 4.74 Å². The van der Waals surface area contributed by atoms with E-state index in [1.807, 2.05) is 12.1 Å². The summed E-state index contributed by atoms with van der Waals surface area (Å²) in [4.78, 5) is 11.7. The second kappa shape index (κ2) is 5.57. The minimum Gasteiger partial charge on any atom is -0.422 e. The second-order valence-electron chi connectivity index (χ2n) is 5.18. The van der Waals surface area contributed by atoms with Gasteiger partial charge in [0.2, 0.25) is 0 Å². The van der Waals surface area contributed by atoms with Crippen molar-refractivity contribution in [3.63, 3.8) is 0 Å². The van der Waals surface area contributed by atoms with E-state index in [9.17, 15) is 4.79 Å². The van der Waals surface area contributed by atoms with Gasteiger partial charge in [-0.05, 0) is 40.4 Å². The Hall–Kier alpha value is -0.610. The van der Waals surface area contributed by atoms with Crippen molar-refractivity contribution < 1.29 is 9.53 Å². The number of halogens is 2. The van der Waals surface area contributed by atoms with Crippen molar-refractivity contribution in [2.75, 3.05) is 0 Å². The number of rotatable bonds is 2. The molecule has 4 heteroatoms. The largest absolute Gasteiger partial charge is 0.422 e. The maximum absolute atomic E-state index is 11.7. The smallest absolute Gasteiger partial charge is 0.338 e. The van der Waals surface area contributed by atoms with Crippen molar-refractivity contribution in [2.24, 2.45) is 0 Å². The van der Waals surface area contributed by atoms with Crippen molar-refractivity contribution >= 4 is 37.8 Å². The van der Waals surface area contributed by atoms with E-state index in [1.54, 1.807) is 6.92 Å². The van der Waals surface area contributed by atoms with E-state index < -0.39 is 5.97 Å². The van der Waals surface area contributed by atoms with Gasteiger partial charge in [0.05, 0.1) is 4.47 Å². The van der Waals surface area contributed by atoms with Crippen molar-refractivity contribution in [2.45, 2.75) is 33.1 Å². The third-order valence-electron chi connectivity index (χ3n) is 2.36. The third-order valence-corrected chi connectivity index (χ3v) is 3.41. The average Bonchev–Trinajstić information content (AvgIpc) is 2.19.